The Kier molecular flexibility index (Phi) is 1.98. The molecule has 60 valence electrons. The molecule has 0 bridgehead atoms. The van der Waals surface area contributed by atoms with Crippen LogP contribution in [-0.4, -0.2) is 15.6 Å². The van der Waals surface area contributed by atoms with Gasteiger partial charge in [-0.05, 0) is 18.6 Å². The number of hydrogen-bond donors (Lipinski definition) is 1. The maximum atomic E-state index is 10.4. The van der Waals surface area contributed by atoms with Crippen LogP contribution >= 0.6 is 0 Å². The van der Waals surface area contributed by atoms with E-state index in [1.165, 1.54) is 0 Å². The van der Waals surface area contributed by atoms with Crippen LogP contribution in [0.25, 0.3) is 0 Å². The molecule has 0 aliphatic rings. The Bertz CT molecular complexity index is 256. The van der Waals surface area contributed by atoms with Gasteiger partial charge in [0.15, 0.2) is 0 Å². The van der Waals surface area contributed by atoms with Crippen molar-refractivity contribution < 1.29 is 9.90 Å². The molecule has 1 aromatic heterocycles. The molecule has 0 saturated carbocycles. The summed E-state index contributed by atoms with van der Waals surface area (Å²) in [4.78, 5) is 10.4. The SMILES string of the molecule is Cc1ccn(C)c1CC(=O)O. The van der Waals surface area contributed by atoms with Crippen LogP contribution in [0.3, 0.4) is 0 Å². The zero-order chi connectivity index (χ0) is 8.43. The molecule has 3 heteroatoms. The first-order chi connectivity index (χ1) is 5.11. The third kappa shape index (κ3) is 1.61. The Morgan fingerprint density at radius 2 is 2.36 bits per heavy atom. The van der Waals surface area contributed by atoms with E-state index >= 15 is 0 Å². The maximum absolute atomic E-state index is 10.4. The second-order valence-corrected chi connectivity index (χ2v) is 2.63. The molecule has 1 rings (SSSR count). The fourth-order valence-corrected chi connectivity index (χ4v) is 1.10. The first-order valence-electron chi connectivity index (χ1n) is 3.44. The van der Waals surface area contributed by atoms with Gasteiger partial charge >= 0.3 is 5.97 Å². The second-order valence-electron chi connectivity index (χ2n) is 2.63. The van der Waals surface area contributed by atoms with Crippen molar-refractivity contribution in [2.75, 3.05) is 0 Å². The van der Waals surface area contributed by atoms with Crippen molar-refractivity contribution in [2.45, 2.75) is 13.3 Å². The van der Waals surface area contributed by atoms with Gasteiger partial charge in [0.05, 0.1) is 6.42 Å². The van der Waals surface area contributed by atoms with Gasteiger partial charge in [0.1, 0.15) is 0 Å². The molecule has 0 radical (unpaired) electrons. The molecular weight excluding hydrogens is 142 g/mol. The summed E-state index contributed by atoms with van der Waals surface area (Å²) in [5.74, 6) is -0.782. The Morgan fingerprint density at radius 1 is 1.73 bits per heavy atom. The largest absolute Gasteiger partial charge is 0.481 e. The van der Waals surface area contributed by atoms with Gasteiger partial charge in [-0.15, -0.1) is 0 Å². The third-order valence-electron chi connectivity index (χ3n) is 1.75. The highest BCUT2D eigenvalue weighted by Gasteiger charge is 2.06. The van der Waals surface area contributed by atoms with E-state index in [0.717, 1.165) is 11.3 Å². The van der Waals surface area contributed by atoms with Crippen LogP contribution in [0, 0.1) is 6.92 Å². The zero-order valence-corrected chi connectivity index (χ0v) is 6.66. The standard InChI is InChI=1S/C8H11NO2/c1-6-3-4-9(2)7(6)5-8(10)11/h3-4H,5H2,1-2H3,(H,10,11). The molecule has 0 saturated heterocycles. The van der Waals surface area contributed by atoms with E-state index in [0.29, 0.717) is 0 Å². The summed E-state index contributed by atoms with van der Waals surface area (Å²) >= 11 is 0. The second kappa shape index (κ2) is 2.78. The molecule has 0 aromatic carbocycles. The highest BCUT2D eigenvalue weighted by atomic mass is 16.4. The number of carboxylic acid groups (broad SMARTS) is 1. The van der Waals surface area contributed by atoms with Crippen molar-refractivity contribution >= 4 is 5.97 Å². The molecule has 0 atom stereocenters. The van der Waals surface area contributed by atoms with Gasteiger partial charge in [-0.1, -0.05) is 0 Å². The number of carboxylic acids is 1. The lowest BCUT2D eigenvalue weighted by atomic mass is 10.2. The lowest BCUT2D eigenvalue weighted by Crippen LogP contribution is -2.05. The van der Waals surface area contributed by atoms with Crippen LogP contribution in [-0.2, 0) is 18.3 Å². The van der Waals surface area contributed by atoms with E-state index in [1.807, 2.05) is 30.8 Å². The molecule has 0 spiro atoms. The first-order valence-corrected chi connectivity index (χ1v) is 3.44. The summed E-state index contributed by atoms with van der Waals surface area (Å²) in [6, 6.07) is 1.91. The van der Waals surface area contributed by atoms with Crippen molar-refractivity contribution in [3.05, 3.63) is 23.5 Å². The van der Waals surface area contributed by atoms with Crippen molar-refractivity contribution in [3.63, 3.8) is 0 Å². The molecule has 0 amide bonds. The Hall–Kier alpha value is -1.25. The van der Waals surface area contributed by atoms with E-state index in [1.54, 1.807) is 0 Å². The van der Waals surface area contributed by atoms with Crippen LogP contribution in [0.5, 0.6) is 0 Å². The summed E-state index contributed by atoms with van der Waals surface area (Å²) in [6.07, 6.45) is 1.98. The van der Waals surface area contributed by atoms with Gasteiger partial charge < -0.3 is 9.67 Å². The highest BCUT2D eigenvalue weighted by molar-refractivity contribution is 5.70. The van der Waals surface area contributed by atoms with E-state index < -0.39 is 5.97 Å². The summed E-state index contributed by atoms with van der Waals surface area (Å²) in [5, 5.41) is 8.52. The van der Waals surface area contributed by atoms with Crippen molar-refractivity contribution in [2.24, 2.45) is 7.05 Å². The fourth-order valence-electron chi connectivity index (χ4n) is 1.10. The summed E-state index contributed by atoms with van der Waals surface area (Å²) in [5.41, 5.74) is 1.91. The minimum absolute atomic E-state index is 0.106. The number of aryl methyl sites for hydroxylation is 2. The van der Waals surface area contributed by atoms with E-state index in [9.17, 15) is 4.79 Å². The lowest BCUT2D eigenvalue weighted by molar-refractivity contribution is -0.136. The number of aliphatic carboxylic acids is 1. The predicted octanol–water partition coefficient (Wildman–Crippen LogP) is 0.961. The molecule has 0 fully saturated rings. The molecule has 0 aliphatic carbocycles. The molecule has 1 N–H and O–H groups in total. The predicted molar refractivity (Wildman–Crippen MR) is 41.5 cm³/mol. The number of rotatable bonds is 2. The van der Waals surface area contributed by atoms with E-state index in [4.69, 9.17) is 5.11 Å². The van der Waals surface area contributed by atoms with Crippen molar-refractivity contribution in [3.8, 4) is 0 Å². The summed E-state index contributed by atoms with van der Waals surface area (Å²) in [7, 11) is 1.85. The third-order valence-corrected chi connectivity index (χ3v) is 1.75. The molecule has 1 heterocycles. The van der Waals surface area contributed by atoms with Crippen LogP contribution in [0.2, 0.25) is 0 Å². The monoisotopic (exact) mass is 153 g/mol. The Balaban J connectivity index is 2.92. The number of nitrogens with zero attached hydrogens (tertiary/aromatic N) is 1. The minimum atomic E-state index is -0.782. The van der Waals surface area contributed by atoms with Crippen LogP contribution < -0.4 is 0 Å². The van der Waals surface area contributed by atoms with Crippen molar-refractivity contribution in [1.82, 2.24) is 4.57 Å². The molecule has 11 heavy (non-hydrogen) atoms. The van der Waals surface area contributed by atoms with Gasteiger partial charge in [0, 0.05) is 18.9 Å². The highest BCUT2D eigenvalue weighted by Crippen LogP contribution is 2.08. The minimum Gasteiger partial charge on any atom is -0.481 e. The van der Waals surface area contributed by atoms with Crippen LogP contribution in [0.15, 0.2) is 12.3 Å². The smallest absolute Gasteiger partial charge is 0.309 e. The van der Waals surface area contributed by atoms with Crippen LogP contribution in [0.4, 0.5) is 0 Å². The van der Waals surface area contributed by atoms with Crippen LogP contribution in [0.1, 0.15) is 11.3 Å². The van der Waals surface area contributed by atoms with Crippen molar-refractivity contribution in [1.29, 1.82) is 0 Å². The van der Waals surface area contributed by atoms with E-state index in [-0.39, 0.29) is 6.42 Å². The molecular formula is C8H11NO2. The number of carbonyl (C=O) groups is 1. The average molecular weight is 153 g/mol. The lowest BCUT2D eigenvalue weighted by Gasteiger charge is -2.00. The van der Waals surface area contributed by atoms with Gasteiger partial charge in [0.2, 0.25) is 0 Å². The topological polar surface area (TPSA) is 42.2 Å². The average Bonchev–Trinajstić information content (AvgIpc) is 2.18. The van der Waals surface area contributed by atoms with Gasteiger partial charge in [-0.25, -0.2) is 0 Å². The summed E-state index contributed by atoms with van der Waals surface area (Å²) < 4.78 is 1.84. The molecule has 0 aliphatic heterocycles. The Morgan fingerprint density at radius 3 is 2.73 bits per heavy atom. The maximum Gasteiger partial charge on any atom is 0.309 e. The molecule has 1 aromatic rings. The fraction of sp³-hybridized carbons (Fsp3) is 0.375. The normalized spacial score (nSPS) is 10.0. The molecule has 3 nitrogen and oxygen atoms in total. The zero-order valence-electron chi connectivity index (χ0n) is 6.66. The van der Waals surface area contributed by atoms with E-state index in [2.05, 4.69) is 0 Å². The van der Waals surface area contributed by atoms with Gasteiger partial charge in [0.25, 0.3) is 0 Å². The molecule has 0 unspecified atom stereocenters. The number of aromatic nitrogens is 1. The van der Waals surface area contributed by atoms with Gasteiger partial charge in [-0.3, -0.25) is 4.79 Å². The summed E-state index contributed by atoms with van der Waals surface area (Å²) in [6.45, 7) is 1.91. The first kappa shape index (κ1) is 7.85. The quantitative estimate of drug-likeness (QED) is 0.687. The number of hydrogen-bond acceptors (Lipinski definition) is 1. The van der Waals surface area contributed by atoms with Gasteiger partial charge in [-0.2, -0.15) is 0 Å². The Labute approximate surface area is 65.3 Å².